The Labute approximate surface area is 113 Å². The first kappa shape index (κ1) is 14.0. The van der Waals surface area contributed by atoms with E-state index in [-0.39, 0.29) is 5.91 Å². The Balaban J connectivity index is 2.02. The molecular weight excluding hydrogens is 242 g/mol. The van der Waals surface area contributed by atoms with Gasteiger partial charge in [0, 0.05) is 19.2 Å². The SMILES string of the molecule is CCN1CCC(n2nccc2NC(=O)C(C)N)CC1. The molecule has 1 saturated heterocycles. The lowest BCUT2D eigenvalue weighted by Crippen LogP contribution is -2.36. The van der Waals surface area contributed by atoms with Crippen LogP contribution in [0.1, 0.15) is 32.7 Å². The van der Waals surface area contributed by atoms with Crippen LogP contribution in [0, 0.1) is 0 Å². The van der Waals surface area contributed by atoms with Crippen molar-refractivity contribution in [2.45, 2.75) is 38.8 Å². The molecule has 0 aliphatic carbocycles. The third kappa shape index (κ3) is 3.33. The van der Waals surface area contributed by atoms with Gasteiger partial charge in [0.2, 0.25) is 5.91 Å². The number of likely N-dealkylation sites (tertiary alicyclic amines) is 1. The molecule has 1 aromatic heterocycles. The quantitative estimate of drug-likeness (QED) is 0.845. The zero-order valence-electron chi connectivity index (χ0n) is 11.7. The predicted molar refractivity (Wildman–Crippen MR) is 74.9 cm³/mol. The first-order valence-corrected chi connectivity index (χ1v) is 6.94. The molecule has 1 unspecified atom stereocenters. The third-order valence-electron chi connectivity index (χ3n) is 3.69. The van der Waals surface area contributed by atoms with Crippen LogP contribution in [0.4, 0.5) is 5.82 Å². The number of carbonyl (C=O) groups is 1. The second-order valence-electron chi connectivity index (χ2n) is 5.10. The molecular formula is C13H23N5O. The Hall–Kier alpha value is -1.40. The molecule has 0 spiro atoms. The summed E-state index contributed by atoms with van der Waals surface area (Å²) < 4.78 is 1.92. The normalized spacial score (nSPS) is 19.3. The van der Waals surface area contributed by atoms with E-state index in [2.05, 4.69) is 22.2 Å². The van der Waals surface area contributed by atoms with Gasteiger partial charge < -0.3 is 16.0 Å². The zero-order valence-corrected chi connectivity index (χ0v) is 11.7. The zero-order chi connectivity index (χ0) is 13.8. The lowest BCUT2D eigenvalue weighted by Gasteiger charge is -2.31. The van der Waals surface area contributed by atoms with Crippen LogP contribution < -0.4 is 11.1 Å². The molecule has 0 saturated carbocycles. The fraction of sp³-hybridized carbons (Fsp3) is 0.692. The summed E-state index contributed by atoms with van der Waals surface area (Å²) in [6, 6.07) is 1.68. The molecule has 1 amide bonds. The molecule has 1 atom stereocenters. The first-order chi connectivity index (χ1) is 9.11. The van der Waals surface area contributed by atoms with E-state index in [4.69, 9.17) is 5.73 Å². The summed E-state index contributed by atoms with van der Waals surface area (Å²) in [5, 5.41) is 7.18. The molecule has 6 nitrogen and oxygen atoms in total. The van der Waals surface area contributed by atoms with Gasteiger partial charge in [-0.05, 0) is 26.3 Å². The molecule has 3 N–H and O–H groups in total. The van der Waals surface area contributed by atoms with Crippen molar-refractivity contribution in [3.63, 3.8) is 0 Å². The maximum atomic E-state index is 11.7. The summed E-state index contributed by atoms with van der Waals surface area (Å²) in [6.45, 7) is 7.13. The van der Waals surface area contributed by atoms with Crippen LogP contribution in [0.15, 0.2) is 12.3 Å². The van der Waals surface area contributed by atoms with E-state index in [1.165, 1.54) is 0 Å². The number of aromatic nitrogens is 2. The van der Waals surface area contributed by atoms with E-state index in [1.807, 2.05) is 10.7 Å². The van der Waals surface area contributed by atoms with Crippen LogP contribution in [0.2, 0.25) is 0 Å². The lowest BCUT2D eigenvalue weighted by molar-refractivity contribution is -0.117. The van der Waals surface area contributed by atoms with Crippen molar-refractivity contribution in [1.82, 2.24) is 14.7 Å². The summed E-state index contributed by atoms with van der Waals surface area (Å²) in [4.78, 5) is 14.1. The average molecular weight is 265 g/mol. The van der Waals surface area contributed by atoms with E-state index >= 15 is 0 Å². The number of hydrogen-bond acceptors (Lipinski definition) is 4. The molecule has 6 heteroatoms. The molecule has 0 bridgehead atoms. The molecule has 106 valence electrons. The first-order valence-electron chi connectivity index (χ1n) is 6.94. The molecule has 2 rings (SSSR count). The van der Waals surface area contributed by atoms with E-state index in [0.29, 0.717) is 6.04 Å². The van der Waals surface area contributed by atoms with Crippen LogP contribution in [0.25, 0.3) is 0 Å². The van der Waals surface area contributed by atoms with Crippen molar-refractivity contribution in [3.8, 4) is 0 Å². The standard InChI is InChI=1S/C13H23N5O/c1-3-17-8-5-11(6-9-17)18-12(4-7-15-18)16-13(19)10(2)14/h4,7,10-11H,3,5-6,8-9,14H2,1-2H3,(H,16,19). The molecule has 0 aromatic carbocycles. The van der Waals surface area contributed by atoms with Gasteiger partial charge in [0.25, 0.3) is 0 Å². The van der Waals surface area contributed by atoms with Crippen molar-refractivity contribution in [2.24, 2.45) is 5.73 Å². The van der Waals surface area contributed by atoms with Crippen LogP contribution >= 0.6 is 0 Å². The Kier molecular flexibility index (Phi) is 4.55. The van der Waals surface area contributed by atoms with Crippen LogP contribution in [0.3, 0.4) is 0 Å². The Bertz CT molecular complexity index is 420. The summed E-state index contributed by atoms with van der Waals surface area (Å²) >= 11 is 0. The Morgan fingerprint density at radius 2 is 2.26 bits per heavy atom. The van der Waals surface area contributed by atoms with E-state index in [9.17, 15) is 4.79 Å². The number of nitrogens with one attached hydrogen (secondary N) is 1. The Morgan fingerprint density at radius 1 is 1.58 bits per heavy atom. The second kappa shape index (κ2) is 6.16. The van der Waals surface area contributed by atoms with E-state index in [0.717, 1.165) is 38.3 Å². The summed E-state index contributed by atoms with van der Waals surface area (Å²) in [6.07, 6.45) is 3.86. The van der Waals surface area contributed by atoms with Crippen molar-refractivity contribution >= 4 is 11.7 Å². The molecule has 1 aromatic rings. The monoisotopic (exact) mass is 265 g/mol. The number of hydrogen-bond donors (Lipinski definition) is 2. The molecule has 1 aliphatic heterocycles. The van der Waals surface area contributed by atoms with Gasteiger partial charge in [-0.25, -0.2) is 4.68 Å². The largest absolute Gasteiger partial charge is 0.320 e. The highest BCUT2D eigenvalue weighted by Gasteiger charge is 2.22. The van der Waals surface area contributed by atoms with Crippen molar-refractivity contribution < 1.29 is 4.79 Å². The van der Waals surface area contributed by atoms with E-state index < -0.39 is 6.04 Å². The van der Waals surface area contributed by atoms with Gasteiger partial charge in [0.1, 0.15) is 5.82 Å². The maximum Gasteiger partial charge on any atom is 0.242 e. The predicted octanol–water partition coefficient (Wildman–Crippen LogP) is 0.826. The summed E-state index contributed by atoms with van der Waals surface area (Å²) in [5.41, 5.74) is 5.57. The number of rotatable bonds is 4. The van der Waals surface area contributed by atoms with Gasteiger partial charge in [-0.15, -0.1) is 0 Å². The summed E-state index contributed by atoms with van der Waals surface area (Å²) in [7, 11) is 0. The number of carbonyl (C=O) groups excluding carboxylic acids is 1. The van der Waals surface area contributed by atoms with Gasteiger partial charge >= 0.3 is 0 Å². The minimum absolute atomic E-state index is 0.173. The average Bonchev–Trinajstić information content (AvgIpc) is 2.87. The number of anilines is 1. The minimum Gasteiger partial charge on any atom is -0.320 e. The number of nitrogens with two attached hydrogens (primary N) is 1. The highest BCUT2D eigenvalue weighted by atomic mass is 16.2. The third-order valence-corrected chi connectivity index (χ3v) is 3.69. The number of piperidine rings is 1. The second-order valence-corrected chi connectivity index (χ2v) is 5.10. The highest BCUT2D eigenvalue weighted by Crippen LogP contribution is 2.25. The van der Waals surface area contributed by atoms with E-state index in [1.54, 1.807) is 13.1 Å². The van der Waals surface area contributed by atoms with Crippen LogP contribution in [-0.4, -0.2) is 46.3 Å². The number of amides is 1. The van der Waals surface area contributed by atoms with Gasteiger partial charge in [-0.1, -0.05) is 6.92 Å². The van der Waals surface area contributed by atoms with Crippen molar-refractivity contribution in [3.05, 3.63) is 12.3 Å². The molecule has 0 radical (unpaired) electrons. The summed E-state index contributed by atoms with van der Waals surface area (Å²) in [5.74, 6) is 0.574. The van der Waals surface area contributed by atoms with Crippen molar-refractivity contribution in [1.29, 1.82) is 0 Å². The highest BCUT2D eigenvalue weighted by molar-refractivity contribution is 5.93. The molecule has 2 heterocycles. The fourth-order valence-corrected chi connectivity index (χ4v) is 2.42. The van der Waals surface area contributed by atoms with Gasteiger partial charge in [0.15, 0.2) is 0 Å². The van der Waals surface area contributed by atoms with Gasteiger partial charge in [-0.2, -0.15) is 5.10 Å². The molecule has 1 fully saturated rings. The van der Waals surface area contributed by atoms with Crippen molar-refractivity contribution in [2.75, 3.05) is 25.0 Å². The fourth-order valence-electron chi connectivity index (χ4n) is 2.42. The van der Waals surface area contributed by atoms with Gasteiger partial charge in [-0.3, -0.25) is 4.79 Å². The van der Waals surface area contributed by atoms with Gasteiger partial charge in [0.05, 0.1) is 18.3 Å². The van der Waals surface area contributed by atoms with Crippen LogP contribution in [0.5, 0.6) is 0 Å². The smallest absolute Gasteiger partial charge is 0.242 e. The molecule has 19 heavy (non-hydrogen) atoms. The number of nitrogens with zero attached hydrogens (tertiary/aromatic N) is 3. The van der Waals surface area contributed by atoms with Crippen LogP contribution in [-0.2, 0) is 4.79 Å². The minimum atomic E-state index is -0.509. The molecule has 1 aliphatic rings. The maximum absolute atomic E-state index is 11.7. The Morgan fingerprint density at radius 3 is 2.84 bits per heavy atom. The topological polar surface area (TPSA) is 76.2 Å². The lowest BCUT2D eigenvalue weighted by atomic mass is 10.1.